The summed E-state index contributed by atoms with van der Waals surface area (Å²) in [5, 5.41) is 3.08. The molecule has 0 aliphatic heterocycles. The molecule has 1 amide bonds. The SMILES string of the molecule is COc1cc(OC)c(NC(=O)COc2ccc(C)cc2Br)cc1Cl. The van der Waals surface area contributed by atoms with E-state index in [0.29, 0.717) is 28.0 Å². The Morgan fingerprint density at radius 2 is 1.83 bits per heavy atom. The lowest BCUT2D eigenvalue weighted by Crippen LogP contribution is -2.20. The van der Waals surface area contributed by atoms with Gasteiger partial charge in [-0.05, 0) is 46.6 Å². The van der Waals surface area contributed by atoms with E-state index >= 15 is 0 Å². The number of benzene rings is 2. The Bertz CT molecular complexity index is 752. The molecule has 0 aliphatic carbocycles. The summed E-state index contributed by atoms with van der Waals surface area (Å²) in [4.78, 5) is 12.1. The van der Waals surface area contributed by atoms with Crippen molar-refractivity contribution in [3.8, 4) is 17.2 Å². The molecule has 0 aliphatic rings. The lowest BCUT2D eigenvalue weighted by Gasteiger charge is -2.14. The molecule has 0 radical (unpaired) electrons. The Morgan fingerprint density at radius 1 is 1.12 bits per heavy atom. The molecule has 24 heavy (non-hydrogen) atoms. The summed E-state index contributed by atoms with van der Waals surface area (Å²) in [6.07, 6.45) is 0. The van der Waals surface area contributed by atoms with Gasteiger partial charge in [0, 0.05) is 6.07 Å². The van der Waals surface area contributed by atoms with Gasteiger partial charge < -0.3 is 19.5 Å². The van der Waals surface area contributed by atoms with Gasteiger partial charge in [-0.2, -0.15) is 0 Å². The minimum Gasteiger partial charge on any atom is -0.495 e. The molecule has 0 unspecified atom stereocenters. The van der Waals surface area contributed by atoms with Crippen molar-refractivity contribution in [2.24, 2.45) is 0 Å². The van der Waals surface area contributed by atoms with Gasteiger partial charge >= 0.3 is 0 Å². The number of aryl methyl sites for hydroxylation is 1. The van der Waals surface area contributed by atoms with E-state index in [4.69, 9.17) is 25.8 Å². The van der Waals surface area contributed by atoms with Crippen molar-refractivity contribution in [3.05, 3.63) is 45.4 Å². The highest BCUT2D eigenvalue weighted by Gasteiger charge is 2.13. The van der Waals surface area contributed by atoms with Gasteiger partial charge in [0.05, 0.1) is 29.4 Å². The van der Waals surface area contributed by atoms with Gasteiger partial charge in [0.25, 0.3) is 5.91 Å². The quantitative estimate of drug-likeness (QED) is 0.759. The number of nitrogens with one attached hydrogen (secondary N) is 1. The molecular formula is C17H17BrClNO4. The Morgan fingerprint density at radius 3 is 2.46 bits per heavy atom. The molecule has 0 spiro atoms. The zero-order valence-electron chi connectivity index (χ0n) is 13.5. The van der Waals surface area contributed by atoms with Gasteiger partial charge in [0.2, 0.25) is 0 Å². The molecule has 7 heteroatoms. The highest BCUT2D eigenvalue weighted by atomic mass is 79.9. The van der Waals surface area contributed by atoms with E-state index in [1.165, 1.54) is 14.2 Å². The zero-order valence-corrected chi connectivity index (χ0v) is 15.8. The molecule has 0 saturated carbocycles. The number of ether oxygens (including phenoxy) is 3. The summed E-state index contributed by atoms with van der Waals surface area (Å²) in [6, 6.07) is 8.80. The molecule has 0 bridgehead atoms. The maximum atomic E-state index is 12.1. The molecule has 5 nitrogen and oxygen atoms in total. The van der Waals surface area contributed by atoms with Crippen molar-refractivity contribution in [1.29, 1.82) is 0 Å². The minimum absolute atomic E-state index is 0.144. The molecule has 2 rings (SSSR count). The highest BCUT2D eigenvalue weighted by molar-refractivity contribution is 9.10. The lowest BCUT2D eigenvalue weighted by atomic mass is 10.2. The number of carbonyl (C=O) groups excluding carboxylic acids is 1. The Hall–Kier alpha value is -1.92. The Labute approximate surface area is 154 Å². The molecule has 2 aromatic rings. The number of amides is 1. The molecule has 2 aromatic carbocycles. The van der Waals surface area contributed by atoms with Gasteiger partial charge in [-0.25, -0.2) is 0 Å². The molecule has 0 heterocycles. The van der Waals surface area contributed by atoms with Gasteiger partial charge in [-0.3, -0.25) is 4.79 Å². The van der Waals surface area contributed by atoms with Crippen LogP contribution in [0.3, 0.4) is 0 Å². The van der Waals surface area contributed by atoms with Crippen LogP contribution in [0.15, 0.2) is 34.8 Å². The summed E-state index contributed by atoms with van der Waals surface area (Å²) in [6.45, 7) is 1.83. The maximum Gasteiger partial charge on any atom is 0.262 e. The minimum atomic E-state index is -0.331. The van der Waals surface area contributed by atoms with E-state index in [2.05, 4.69) is 21.2 Å². The second kappa shape index (κ2) is 8.26. The number of rotatable bonds is 6. The normalized spacial score (nSPS) is 10.2. The van der Waals surface area contributed by atoms with Crippen LogP contribution in [-0.2, 0) is 4.79 Å². The standard InChI is InChI=1S/C17H17BrClNO4/c1-10-4-5-14(11(18)6-10)24-9-17(21)20-13-7-12(19)15(22-2)8-16(13)23-3/h4-8H,9H2,1-3H3,(H,20,21). The number of halogens is 2. The average Bonchev–Trinajstić information content (AvgIpc) is 2.54. The van der Waals surface area contributed by atoms with E-state index in [-0.39, 0.29) is 12.5 Å². The molecule has 0 fully saturated rings. The fourth-order valence-corrected chi connectivity index (χ4v) is 2.86. The first-order valence-electron chi connectivity index (χ1n) is 7.05. The predicted molar refractivity (Wildman–Crippen MR) is 97.6 cm³/mol. The van der Waals surface area contributed by atoms with E-state index in [1.807, 2.05) is 19.1 Å². The molecular weight excluding hydrogens is 398 g/mol. The summed E-state index contributed by atoms with van der Waals surface area (Å²) in [7, 11) is 3.00. The molecule has 1 N–H and O–H groups in total. The highest BCUT2D eigenvalue weighted by Crippen LogP contribution is 2.35. The van der Waals surface area contributed by atoms with Crippen LogP contribution in [0.4, 0.5) is 5.69 Å². The fourth-order valence-electron chi connectivity index (χ4n) is 2.01. The van der Waals surface area contributed by atoms with Crippen molar-refractivity contribution < 1.29 is 19.0 Å². The van der Waals surface area contributed by atoms with Crippen molar-refractivity contribution in [2.45, 2.75) is 6.92 Å². The average molecular weight is 415 g/mol. The van der Waals surface area contributed by atoms with Crippen LogP contribution < -0.4 is 19.5 Å². The summed E-state index contributed by atoms with van der Waals surface area (Å²) >= 11 is 9.49. The van der Waals surface area contributed by atoms with Crippen LogP contribution in [0.2, 0.25) is 5.02 Å². The second-order valence-corrected chi connectivity index (χ2v) is 6.22. The molecule has 0 aromatic heterocycles. The van der Waals surface area contributed by atoms with Crippen LogP contribution in [0.25, 0.3) is 0 Å². The third kappa shape index (κ3) is 4.55. The van der Waals surface area contributed by atoms with Gasteiger partial charge in [-0.15, -0.1) is 0 Å². The van der Waals surface area contributed by atoms with Crippen LogP contribution in [0.5, 0.6) is 17.2 Å². The Balaban J connectivity index is 2.05. The summed E-state index contributed by atoms with van der Waals surface area (Å²) < 4.78 is 16.7. The molecule has 128 valence electrons. The number of hydrogen-bond donors (Lipinski definition) is 1. The molecule has 0 saturated heterocycles. The summed E-state index contributed by atoms with van der Waals surface area (Å²) in [5.41, 5.74) is 1.54. The van der Waals surface area contributed by atoms with E-state index in [9.17, 15) is 4.79 Å². The monoisotopic (exact) mass is 413 g/mol. The van der Waals surface area contributed by atoms with Gasteiger partial charge in [-0.1, -0.05) is 17.7 Å². The van der Waals surface area contributed by atoms with Crippen LogP contribution >= 0.6 is 27.5 Å². The van der Waals surface area contributed by atoms with Crippen LogP contribution in [0, 0.1) is 6.92 Å². The van der Waals surface area contributed by atoms with Crippen molar-refractivity contribution in [3.63, 3.8) is 0 Å². The lowest BCUT2D eigenvalue weighted by molar-refractivity contribution is -0.118. The van der Waals surface area contributed by atoms with Gasteiger partial charge in [0.1, 0.15) is 17.2 Å². The van der Waals surface area contributed by atoms with Crippen molar-refractivity contribution in [1.82, 2.24) is 0 Å². The Kier molecular flexibility index (Phi) is 6.34. The largest absolute Gasteiger partial charge is 0.495 e. The third-order valence-corrected chi connectivity index (χ3v) is 4.11. The topological polar surface area (TPSA) is 56.8 Å². The van der Waals surface area contributed by atoms with Crippen LogP contribution in [0.1, 0.15) is 5.56 Å². The van der Waals surface area contributed by atoms with Crippen LogP contribution in [-0.4, -0.2) is 26.7 Å². The number of anilines is 1. The van der Waals surface area contributed by atoms with E-state index in [0.717, 1.165) is 10.0 Å². The number of hydrogen-bond acceptors (Lipinski definition) is 4. The third-order valence-electron chi connectivity index (χ3n) is 3.19. The first-order chi connectivity index (χ1) is 11.4. The van der Waals surface area contributed by atoms with Gasteiger partial charge in [0.15, 0.2) is 6.61 Å². The zero-order chi connectivity index (χ0) is 17.7. The van der Waals surface area contributed by atoms with Crippen molar-refractivity contribution in [2.75, 3.05) is 26.1 Å². The van der Waals surface area contributed by atoms with Crippen molar-refractivity contribution >= 4 is 39.1 Å². The first-order valence-corrected chi connectivity index (χ1v) is 8.22. The second-order valence-electron chi connectivity index (χ2n) is 4.96. The first kappa shape index (κ1) is 18.4. The fraction of sp³-hybridized carbons (Fsp3) is 0.235. The number of carbonyl (C=O) groups is 1. The smallest absolute Gasteiger partial charge is 0.262 e. The predicted octanol–water partition coefficient (Wildman–Crippen LogP) is 4.45. The van der Waals surface area contributed by atoms with E-state index < -0.39 is 0 Å². The molecule has 0 atom stereocenters. The summed E-state index contributed by atoms with van der Waals surface area (Å²) in [5.74, 6) is 1.17. The van der Waals surface area contributed by atoms with E-state index in [1.54, 1.807) is 18.2 Å². The maximum absolute atomic E-state index is 12.1. The number of methoxy groups -OCH3 is 2.